The maximum absolute atomic E-state index is 12.4. The van der Waals surface area contributed by atoms with Gasteiger partial charge in [-0.25, -0.2) is 4.79 Å². The van der Waals surface area contributed by atoms with E-state index < -0.39 is 11.6 Å². The van der Waals surface area contributed by atoms with E-state index in [0.29, 0.717) is 18.8 Å². The molecule has 1 amide bonds. The number of benzene rings is 1. The van der Waals surface area contributed by atoms with Gasteiger partial charge in [0.2, 0.25) is 11.5 Å². The van der Waals surface area contributed by atoms with E-state index in [4.69, 9.17) is 4.74 Å². The van der Waals surface area contributed by atoms with E-state index in [1.807, 2.05) is 19.1 Å². The number of aromatic nitrogens is 2. The van der Waals surface area contributed by atoms with Gasteiger partial charge in [0.05, 0.1) is 0 Å². The molecule has 3 rings (SSSR count). The lowest BCUT2D eigenvalue weighted by molar-refractivity contribution is -0.162. The number of para-hydroxylation sites is 1. The Bertz CT molecular complexity index is 749. The summed E-state index contributed by atoms with van der Waals surface area (Å²) in [5, 5.41) is 13.8. The van der Waals surface area contributed by atoms with Crippen molar-refractivity contribution in [1.82, 2.24) is 14.7 Å². The summed E-state index contributed by atoms with van der Waals surface area (Å²) in [6, 6.07) is 10.8. The molecule has 0 atom stereocenters. The molecule has 0 spiro atoms. The molecule has 1 fully saturated rings. The van der Waals surface area contributed by atoms with Crippen LogP contribution in [0.4, 0.5) is 0 Å². The average Bonchev–Trinajstić information content (AvgIpc) is 3.01. The van der Waals surface area contributed by atoms with Crippen molar-refractivity contribution in [3.63, 3.8) is 0 Å². The number of aliphatic carboxylic acids is 1. The minimum Gasteiger partial charge on any atom is -0.478 e. The number of carboxylic acids is 1. The molecule has 1 aliphatic heterocycles. The van der Waals surface area contributed by atoms with Gasteiger partial charge in [0.25, 0.3) is 0 Å². The van der Waals surface area contributed by atoms with Crippen molar-refractivity contribution in [3.05, 3.63) is 48.3 Å². The fourth-order valence-electron chi connectivity index (χ4n) is 2.98. The fraction of sp³-hybridized carbons (Fsp3) is 0.389. The van der Waals surface area contributed by atoms with Crippen LogP contribution in [0.1, 0.15) is 18.5 Å². The van der Waals surface area contributed by atoms with Crippen LogP contribution in [0.3, 0.4) is 0 Å². The van der Waals surface area contributed by atoms with Crippen LogP contribution in [0, 0.1) is 6.92 Å². The number of hydrogen-bond acceptors (Lipinski definition) is 4. The lowest BCUT2D eigenvalue weighted by Gasteiger charge is -2.38. The summed E-state index contributed by atoms with van der Waals surface area (Å²) in [5.74, 6) is -0.534. The zero-order chi connectivity index (χ0) is 17.9. The van der Waals surface area contributed by atoms with Crippen LogP contribution in [0.2, 0.25) is 0 Å². The average molecular weight is 343 g/mol. The summed E-state index contributed by atoms with van der Waals surface area (Å²) in [5.41, 5.74) is -0.377. The lowest BCUT2D eigenvalue weighted by atomic mass is 9.91. The number of ether oxygens (including phenoxy) is 1. The Kier molecular flexibility index (Phi) is 4.74. The maximum atomic E-state index is 12.4. The standard InChI is InChI=1S/C18H21N3O4/c1-14-7-10-19-21(14)13-16(22)20-11-8-18(9-12-20,17(23)24)25-15-5-3-2-4-6-15/h2-7,10H,8-9,11-13H2,1H3,(H,23,24). The second-order valence-corrected chi connectivity index (χ2v) is 6.23. The Morgan fingerprint density at radius 1 is 1.20 bits per heavy atom. The molecule has 0 bridgehead atoms. The summed E-state index contributed by atoms with van der Waals surface area (Å²) >= 11 is 0. The Hall–Kier alpha value is -2.83. The number of aryl methyl sites for hydroxylation is 1. The van der Waals surface area contributed by atoms with Gasteiger partial charge in [-0.15, -0.1) is 0 Å². The zero-order valence-electron chi connectivity index (χ0n) is 14.1. The molecule has 0 aliphatic carbocycles. The van der Waals surface area contributed by atoms with Gasteiger partial charge < -0.3 is 14.7 Å². The molecule has 0 saturated carbocycles. The van der Waals surface area contributed by atoms with Gasteiger partial charge in [-0.05, 0) is 25.1 Å². The summed E-state index contributed by atoms with van der Waals surface area (Å²) in [7, 11) is 0. The van der Waals surface area contributed by atoms with Crippen molar-refractivity contribution in [2.75, 3.05) is 13.1 Å². The Balaban J connectivity index is 1.65. The first-order valence-electron chi connectivity index (χ1n) is 8.24. The largest absolute Gasteiger partial charge is 0.478 e. The quantitative estimate of drug-likeness (QED) is 0.893. The number of piperidine rings is 1. The number of hydrogen-bond donors (Lipinski definition) is 1. The molecule has 0 radical (unpaired) electrons. The number of carboxylic acid groups (broad SMARTS) is 1. The van der Waals surface area contributed by atoms with Crippen LogP contribution in [-0.2, 0) is 16.1 Å². The van der Waals surface area contributed by atoms with Gasteiger partial charge in [-0.1, -0.05) is 18.2 Å². The van der Waals surface area contributed by atoms with E-state index in [0.717, 1.165) is 5.69 Å². The normalized spacial score (nSPS) is 16.4. The summed E-state index contributed by atoms with van der Waals surface area (Å²) in [6.07, 6.45) is 2.16. The SMILES string of the molecule is Cc1ccnn1CC(=O)N1CCC(Oc2ccccc2)(C(=O)O)CC1. The molecule has 132 valence electrons. The molecule has 1 saturated heterocycles. The lowest BCUT2D eigenvalue weighted by Crippen LogP contribution is -2.54. The van der Waals surface area contributed by atoms with Crippen LogP contribution in [0.25, 0.3) is 0 Å². The highest BCUT2D eigenvalue weighted by molar-refractivity contribution is 5.80. The minimum atomic E-state index is -1.29. The molecule has 25 heavy (non-hydrogen) atoms. The van der Waals surface area contributed by atoms with Gasteiger partial charge in [-0.3, -0.25) is 9.48 Å². The first-order chi connectivity index (χ1) is 12.0. The Morgan fingerprint density at radius 3 is 2.44 bits per heavy atom. The van der Waals surface area contributed by atoms with Crippen LogP contribution in [0.5, 0.6) is 5.75 Å². The molecule has 2 aromatic rings. The molecule has 7 nitrogen and oxygen atoms in total. The van der Waals surface area contributed by atoms with E-state index in [9.17, 15) is 14.7 Å². The molecule has 7 heteroatoms. The van der Waals surface area contributed by atoms with Crippen molar-refractivity contribution in [2.45, 2.75) is 31.9 Å². The molecule has 1 aliphatic rings. The zero-order valence-corrected chi connectivity index (χ0v) is 14.1. The summed E-state index contributed by atoms with van der Waals surface area (Å²) in [6.45, 7) is 2.74. The smallest absolute Gasteiger partial charge is 0.348 e. The first kappa shape index (κ1) is 17.0. The van der Waals surface area contributed by atoms with E-state index in [-0.39, 0.29) is 25.3 Å². The molecule has 1 aromatic heterocycles. The third-order valence-corrected chi connectivity index (χ3v) is 4.58. The number of likely N-dealkylation sites (tertiary alicyclic amines) is 1. The molecule has 1 N–H and O–H groups in total. The Labute approximate surface area is 145 Å². The van der Waals surface area contributed by atoms with E-state index in [2.05, 4.69) is 5.10 Å². The summed E-state index contributed by atoms with van der Waals surface area (Å²) in [4.78, 5) is 25.9. The van der Waals surface area contributed by atoms with Gasteiger partial charge in [0.15, 0.2) is 0 Å². The van der Waals surface area contributed by atoms with Crippen molar-refractivity contribution in [2.24, 2.45) is 0 Å². The Morgan fingerprint density at radius 2 is 1.88 bits per heavy atom. The number of carbonyl (C=O) groups is 2. The number of nitrogens with zero attached hydrogens (tertiary/aromatic N) is 3. The third kappa shape index (κ3) is 3.65. The van der Waals surface area contributed by atoms with Gasteiger partial charge in [-0.2, -0.15) is 5.10 Å². The number of carbonyl (C=O) groups excluding carboxylic acids is 1. The van der Waals surface area contributed by atoms with Crippen molar-refractivity contribution >= 4 is 11.9 Å². The maximum Gasteiger partial charge on any atom is 0.348 e. The highest BCUT2D eigenvalue weighted by Crippen LogP contribution is 2.29. The van der Waals surface area contributed by atoms with Gasteiger partial charge >= 0.3 is 5.97 Å². The summed E-state index contributed by atoms with van der Waals surface area (Å²) < 4.78 is 7.44. The number of amides is 1. The fourth-order valence-corrected chi connectivity index (χ4v) is 2.98. The van der Waals surface area contributed by atoms with Crippen LogP contribution < -0.4 is 4.74 Å². The third-order valence-electron chi connectivity index (χ3n) is 4.58. The monoisotopic (exact) mass is 343 g/mol. The first-order valence-corrected chi connectivity index (χ1v) is 8.24. The molecular formula is C18H21N3O4. The second kappa shape index (κ2) is 6.96. The molecule has 2 heterocycles. The van der Waals surface area contributed by atoms with E-state index in [1.54, 1.807) is 40.0 Å². The minimum absolute atomic E-state index is 0.0644. The van der Waals surface area contributed by atoms with E-state index >= 15 is 0 Å². The van der Waals surface area contributed by atoms with Gasteiger partial charge in [0.1, 0.15) is 12.3 Å². The van der Waals surface area contributed by atoms with Crippen LogP contribution >= 0.6 is 0 Å². The number of rotatable bonds is 5. The van der Waals surface area contributed by atoms with Crippen molar-refractivity contribution in [1.29, 1.82) is 0 Å². The van der Waals surface area contributed by atoms with Crippen molar-refractivity contribution < 1.29 is 19.4 Å². The second-order valence-electron chi connectivity index (χ2n) is 6.23. The van der Waals surface area contributed by atoms with E-state index in [1.165, 1.54) is 0 Å². The topological polar surface area (TPSA) is 84.7 Å². The van der Waals surface area contributed by atoms with Gasteiger partial charge in [0, 0.05) is 37.8 Å². The van der Waals surface area contributed by atoms with Crippen molar-refractivity contribution in [3.8, 4) is 5.75 Å². The highest BCUT2D eigenvalue weighted by Gasteiger charge is 2.44. The predicted molar refractivity (Wildman–Crippen MR) is 90.2 cm³/mol. The molecule has 0 unspecified atom stereocenters. The van der Waals surface area contributed by atoms with Crippen LogP contribution in [0.15, 0.2) is 42.6 Å². The highest BCUT2D eigenvalue weighted by atomic mass is 16.5. The molecular weight excluding hydrogens is 322 g/mol. The molecule has 1 aromatic carbocycles. The predicted octanol–water partition coefficient (Wildman–Crippen LogP) is 1.72. The van der Waals surface area contributed by atoms with Crippen LogP contribution in [-0.4, -0.2) is 50.4 Å².